The second kappa shape index (κ2) is 10.4. The summed E-state index contributed by atoms with van der Waals surface area (Å²) in [5.74, 6) is 0.701. The van der Waals surface area contributed by atoms with Crippen molar-refractivity contribution in [2.45, 2.75) is 13.0 Å². The van der Waals surface area contributed by atoms with Gasteiger partial charge in [0.1, 0.15) is 5.75 Å². The molecule has 3 aromatic carbocycles. The second-order valence-electron chi connectivity index (χ2n) is 8.19. The zero-order valence-electron chi connectivity index (χ0n) is 19.4. The highest BCUT2D eigenvalue weighted by Gasteiger charge is 2.17. The van der Waals surface area contributed by atoms with Crippen LogP contribution in [0.3, 0.4) is 0 Å². The number of imidazole rings is 1. The van der Waals surface area contributed by atoms with Gasteiger partial charge < -0.3 is 15.0 Å². The lowest BCUT2D eigenvalue weighted by molar-refractivity contribution is 0.209. The Morgan fingerprint density at radius 2 is 1.80 bits per heavy atom. The van der Waals surface area contributed by atoms with Crippen LogP contribution in [0.2, 0.25) is 0 Å². The molecule has 2 aromatic heterocycles. The van der Waals surface area contributed by atoms with E-state index in [1.54, 1.807) is 18.4 Å². The number of ether oxygens (including phenoxy) is 1. The molecule has 0 aliphatic carbocycles. The van der Waals surface area contributed by atoms with Gasteiger partial charge in [0.2, 0.25) is 0 Å². The molecular formula is C28H26N4O2S. The molecule has 0 saturated heterocycles. The summed E-state index contributed by atoms with van der Waals surface area (Å²) in [4.78, 5) is 20.9. The highest BCUT2D eigenvalue weighted by molar-refractivity contribution is 7.15. The fourth-order valence-corrected chi connectivity index (χ4v) is 4.87. The first-order valence-corrected chi connectivity index (χ1v) is 12.3. The summed E-state index contributed by atoms with van der Waals surface area (Å²) >= 11 is 1.62. The maximum Gasteiger partial charge on any atom is 0.322 e. The fraction of sp³-hybridized carbons (Fsp3) is 0.143. The van der Waals surface area contributed by atoms with Crippen LogP contribution in [0.5, 0.6) is 5.75 Å². The predicted octanol–water partition coefficient (Wildman–Crippen LogP) is 6.35. The van der Waals surface area contributed by atoms with E-state index in [2.05, 4.69) is 33.4 Å². The van der Waals surface area contributed by atoms with Crippen molar-refractivity contribution in [1.29, 1.82) is 0 Å². The van der Waals surface area contributed by atoms with Crippen LogP contribution in [0.25, 0.3) is 16.2 Å². The molecule has 0 unspecified atom stereocenters. The van der Waals surface area contributed by atoms with E-state index < -0.39 is 0 Å². The molecule has 0 atom stereocenters. The lowest BCUT2D eigenvalue weighted by Gasteiger charge is -2.23. The highest BCUT2D eigenvalue weighted by atomic mass is 32.1. The van der Waals surface area contributed by atoms with Gasteiger partial charge in [-0.1, -0.05) is 66.7 Å². The molecule has 6 nitrogen and oxygen atoms in total. The van der Waals surface area contributed by atoms with E-state index in [0.29, 0.717) is 30.9 Å². The Morgan fingerprint density at radius 3 is 2.57 bits per heavy atom. The van der Waals surface area contributed by atoms with Crippen LogP contribution in [0, 0.1) is 0 Å². The molecule has 176 valence electrons. The normalized spacial score (nSPS) is 10.9. The van der Waals surface area contributed by atoms with E-state index in [1.807, 2.05) is 77.7 Å². The number of hydrogen-bond donors (Lipinski definition) is 1. The SMILES string of the molecule is COc1cccc(NC(=O)N(CCc2csc3nc(-c4ccccc4)cn23)Cc2ccccc2)c1. The van der Waals surface area contributed by atoms with E-state index in [9.17, 15) is 4.79 Å². The summed E-state index contributed by atoms with van der Waals surface area (Å²) in [5, 5.41) is 5.14. The Kier molecular flexibility index (Phi) is 6.77. The number of carbonyl (C=O) groups excluding carboxylic acids is 1. The minimum Gasteiger partial charge on any atom is -0.497 e. The van der Waals surface area contributed by atoms with Gasteiger partial charge in [0, 0.05) is 54.1 Å². The molecule has 2 amide bonds. The third-order valence-electron chi connectivity index (χ3n) is 5.82. The molecule has 5 rings (SSSR count). The summed E-state index contributed by atoms with van der Waals surface area (Å²) in [6.07, 6.45) is 2.79. The van der Waals surface area contributed by atoms with Crippen LogP contribution in [0.1, 0.15) is 11.3 Å². The Labute approximate surface area is 208 Å². The summed E-state index contributed by atoms with van der Waals surface area (Å²) in [6, 6.07) is 27.5. The number of rotatable bonds is 8. The van der Waals surface area contributed by atoms with E-state index in [4.69, 9.17) is 9.72 Å². The molecule has 0 radical (unpaired) electrons. The number of methoxy groups -OCH3 is 1. The smallest absolute Gasteiger partial charge is 0.322 e. The first-order chi connectivity index (χ1) is 17.2. The van der Waals surface area contributed by atoms with Gasteiger partial charge in [-0.3, -0.25) is 4.40 Å². The Morgan fingerprint density at radius 1 is 1.03 bits per heavy atom. The van der Waals surface area contributed by atoms with Crippen molar-refractivity contribution in [2.24, 2.45) is 0 Å². The molecule has 5 aromatic rings. The molecule has 2 heterocycles. The number of aromatic nitrogens is 2. The van der Waals surface area contributed by atoms with Crippen LogP contribution >= 0.6 is 11.3 Å². The van der Waals surface area contributed by atoms with Crippen molar-refractivity contribution in [3.05, 3.63) is 108 Å². The molecule has 0 saturated carbocycles. The van der Waals surface area contributed by atoms with Crippen LogP contribution < -0.4 is 10.1 Å². The minimum absolute atomic E-state index is 0.149. The maximum atomic E-state index is 13.3. The van der Waals surface area contributed by atoms with E-state index in [0.717, 1.165) is 27.5 Å². The number of carbonyl (C=O) groups is 1. The molecule has 0 fully saturated rings. The van der Waals surface area contributed by atoms with Crippen molar-refractivity contribution < 1.29 is 9.53 Å². The summed E-state index contributed by atoms with van der Waals surface area (Å²) in [6.45, 7) is 1.08. The van der Waals surface area contributed by atoms with E-state index in [-0.39, 0.29) is 6.03 Å². The van der Waals surface area contributed by atoms with Crippen LogP contribution in [0.15, 0.2) is 96.5 Å². The molecule has 0 aliphatic heterocycles. The first kappa shape index (κ1) is 22.7. The number of thiazole rings is 1. The molecule has 1 N–H and O–H groups in total. The minimum atomic E-state index is -0.149. The Hall–Kier alpha value is -4.10. The number of fused-ring (bicyclic) bond motifs is 1. The molecule has 0 aliphatic rings. The summed E-state index contributed by atoms with van der Waals surface area (Å²) in [7, 11) is 1.61. The van der Waals surface area contributed by atoms with Crippen molar-refractivity contribution in [3.8, 4) is 17.0 Å². The predicted molar refractivity (Wildman–Crippen MR) is 141 cm³/mol. The lowest BCUT2D eigenvalue weighted by Crippen LogP contribution is -2.36. The first-order valence-electron chi connectivity index (χ1n) is 11.4. The van der Waals surface area contributed by atoms with Gasteiger partial charge in [-0.15, -0.1) is 11.3 Å². The number of amides is 2. The van der Waals surface area contributed by atoms with Crippen LogP contribution in [0.4, 0.5) is 10.5 Å². The number of anilines is 1. The number of nitrogens with one attached hydrogen (secondary N) is 1. The topological polar surface area (TPSA) is 58.9 Å². The third kappa shape index (κ3) is 5.36. The lowest BCUT2D eigenvalue weighted by atomic mass is 10.2. The molecule has 35 heavy (non-hydrogen) atoms. The molecular weight excluding hydrogens is 456 g/mol. The van der Waals surface area contributed by atoms with E-state index in [1.165, 1.54) is 0 Å². The standard InChI is InChI=1S/C28H26N4O2S/c1-34-25-14-8-13-23(17-25)29-27(33)31(18-21-9-4-2-5-10-21)16-15-24-20-35-28-30-26(19-32(24)28)22-11-6-3-7-12-22/h2-14,17,19-20H,15-16,18H2,1H3,(H,29,33). The second-order valence-corrected chi connectivity index (χ2v) is 9.03. The van der Waals surface area contributed by atoms with Crippen molar-refractivity contribution in [3.63, 3.8) is 0 Å². The van der Waals surface area contributed by atoms with Gasteiger partial charge >= 0.3 is 6.03 Å². The Balaban J connectivity index is 1.35. The molecule has 7 heteroatoms. The zero-order chi connectivity index (χ0) is 24.0. The van der Waals surface area contributed by atoms with Gasteiger partial charge in [0.25, 0.3) is 0 Å². The summed E-state index contributed by atoms with van der Waals surface area (Å²) in [5.41, 5.74) is 4.96. The van der Waals surface area contributed by atoms with Crippen molar-refractivity contribution in [1.82, 2.24) is 14.3 Å². The number of nitrogens with zero attached hydrogens (tertiary/aromatic N) is 3. The number of hydrogen-bond acceptors (Lipinski definition) is 4. The summed E-state index contributed by atoms with van der Waals surface area (Å²) < 4.78 is 7.42. The van der Waals surface area contributed by atoms with Gasteiger partial charge in [-0.2, -0.15) is 0 Å². The van der Waals surface area contributed by atoms with E-state index >= 15 is 0 Å². The van der Waals surface area contributed by atoms with Crippen molar-refractivity contribution in [2.75, 3.05) is 19.0 Å². The average Bonchev–Trinajstić information content (AvgIpc) is 3.49. The zero-order valence-corrected chi connectivity index (χ0v) is 20.2. The van der Waals surface area contributed by atoms with Crippen LogP contribution in [-0.2, 0) is 13.0 Å². The number of benzene rings is 3. The third-order valence-corrected chi connectivity index (χ3v) is 6.70. The molecule has 0 bridgehead atoms. The molecule has 0 spiro atoms. The van der Waals surface area contributed by atoms with Gasteiger partial charge in [-0.25, -0.2) is 9.78 Å². The Bertz CT molecular complexity index is 1410. The van der Waals surface area contributed by atoms with Crippen LogP contribution in [-0.4, -0.2) is 34.0 Å². The van der Waals surface area contributed by atoms with Gasteiger partial charge in [0.15, 0.2) is 4.96 Å². The quantitative estimate of drug-likeness (QED) is 0.280. The van der Waals surface area contributed by atoms with Gasteiger partial charge in [0.05, 0.1) is 12.8 Å². The number of urea groups is 1. The van der Waals surface area contributed by atoms with Crippen molar-refractivity contribution >= 4 is 28.0 Å². The fourth-order valence-electron chi connectivity index (χ4n) is 3.97. The van der Waals surface area contributed by atoms with Gasteiger partial charge in [-0.05, 0) is 17.7 Å². The largest absolute Gasteiger partial charge is 0.497 e. The average molecular weight is 483 g/mol. The monoisotopic (exact) mass is 482 g/mol. The maximum absolute atomic E-state index is 13.3. The highest BCUT2D eigenvalue weighted by Crippen LogP contribution is 2.24.